The van der Waals surface area contributed by atoms with Gasteiger partial charge in [0.1, 0.15) is 0 Å². The lowest BCUT2D eigenvalue weighted by Gasteiger charge is -2.11. The minimum Gasteiger partial charge on any atom is -0.388 e. The number of benzene rings is 2. The molecule has 1 amide bonds. The molecule has 2 aromatic rings. The molecule has 0 aromatic heterocycles. The molecule has 98 valence electrons. The highest BCUT2D eigenvalue weighted by atomic mass is 16.3. The van der Waals surface area contributed by atoms with Crippen molar-refractivity contribution in [2.45, 2.75) is 19.4 Å². The van der Waals surface area contributed by atoms with Gasteiger partial charge in [0.25, 0.3) is 0 Å². The molecule has 0 aliphatic carbocycles. The number of carbonyl (C=O) groups excluding carboxylic acids is 1. The van der Waals surface area contributed by atoms with Crippen LogP contribution in [0.3, 0.4) is 0 Å². The average molecular weight is 255 g/mol. The number of para-hydroxylation sites is 1. The summed E-state index contributed by atoms with van der Waals surface area (Å²) in [5.41, 5.74) is 2.63. The number of anilines is 1. The van der Waals surface area contributed by atoms with Crippen LogP contribution >= 0.6 is 0 Å². The van der Waals surface area contributed by atoms with E-state index in [0.29, 0.717) is 0 Å². The summed E-state index contributed by atoms with van der Waals surface area (Å²) < 4.78 is 0. The molecule has 0 saturated heterocycles. The predicted octanol–water partition coefficient (Wildman–Crippen LogP) is 3.06. The van der Waals surface area contributed by atoms with E-state index in [1.807, 2.05) is 61.5 Å². The molecule has 0 aliphatic heterocycles. The third-order valence-corrected chi connectivity index (χ3v) is 2.90. The van der Waals surface area contributed by atoms with Crippen LogP contribution in [0.1, 0.15) is 23.7 Å². The summed E-state index contributed by atoms with van der Waals surface area (Å²) in [7, 11) is 0. The maximum atomic E-state index is 11.8. The summed E-state index contributed by atoms with van der Waals surface area (Å²) in [5, 5.41) is 12.8. The van der Waals surface area contributed by atoms with Crippen molar-refractivity contribution in [2.75, 3.05) is 5.32 Å². The quantitative estimate of drug-likeness (QED) is 0.882. The molecule has 3 heteroatoms. The summed E-state index contributed by atoms with van der Waals surface area (Å²) in [6.07, 6.45) is -0.720. The van der Waals surface area contributed by atoms with E-state index >= 15 is 0 Å². The molecule has 0 heterocycles. The van der Waals surface area contributed by atoms with Crippen molar-refractivity contribution in [1.82, 2.24) is 0 Å². The molecule has 2 rings (SSSR count). The molecule has 0 spiro atoms. The second-order valence-corrected chi connectivity index (χ2v) is 4.54. The zero-order valence-electron chi connectivity index (χ0n) is 10.8. The van der Waals surface area contributed by atoms with E-state index in [1.165, 1.54) is 0 Å². The number of aliphatic hydroxyl groups excluding tert-OH is 1. The first-order valence-corrected chi connectivity index (χ1v) is 6.24. The SMILES string of the molecule is Cc1ccc(C(O)CC(=O)Nc2ccccc2)cc1. The summed E-state index contributed by atoms with van der Waals surface area (Å²) in [6, 6.07) is 16.8. The maximum absolute atomic E-state index is 11.8. The fraction of sp³-hybridized carbons (Fsp3) is 0.188. The molecular weight excluding hydrogens is 238 g/mol. The van der Waals surface area contributed by atoms with Gasteiger partial charge in [-0.3, -0.25) is 4.79 Å². The van der Waals surface area contributed by atoms with E-state index < -0.39 is 6.10 Å². The van der Waals surface area contributed by atoms with Gasteiger partial charge in [-0.25, -0.2) is 0 Å². The van der Waals surface area contributed by atoms with Crippen molar-refractivity contribution in [3.63, 3.8) is 0 Å². The van der Waals surface area contributed by atoms with E-state index in [1.54, 1.807) is 0 Å². The second-order valence-electron chi connectivity index (χ2n) is 4.54. The lowest BCUT2D eigenvalue weighted by Crippen LogP contribution is -2.15. The van der Waals surface area contributed by atoms with Gasteiger partial charge in [0.2, 0.25) is 5.91 Å². The normalized spacial score (nSPS) is 11.9. The molecule has 0 aliphatic rings. The van der Waals surface area contributed by atoms with Gasteiger partial charge in [-0.05, 0) is 24.6 Å². The van der Waals surface area contributed by atoms with Gasteiger partial charge in [0.05, 0.1) is 12.5 Å². The summed E-state index contributed by atoms with van der Waals surface area (Å²) in [6.45, 7) is 1.98. The van der Waals surface area contributed by atoms with E-state index in [-0.39, 0.29) is 12.3 Å². The zero-order chi connectivity index (χ0) is 13.7. The number of amides is 1. The molecule has 1 atom stereocenters. The molecule has 3 nitrogen and oxygen atoms in total. The van der Waals surface area contributed by atoms with Crippen LogP contribution in [0.2, 0.25) is 0 Å². The van der Waals surface area contributed by atoms with Gasteiger partial charge in [-0.2, -0.15) is 0 Å². The van der Waals surface area contributed by atoms with Gasteiger partial charge in [-0.1, -0.05) is 48.0 Å². The van der Waals surface area contributed by atoms with Crippen molar-refractivity contribution in [1.29, 1.82) is 0 Å². The number of hydrogen-bond acceptors (Lipinski definition) is 2. The van der Waals surface area contributed by atoms with Crippen LogP contribution < -0.4 is 5.32 Å². The average Bonchev–Trinajstić information content (AvgIpc) is 2.40. The largest absolute Gasteiger partial charge is 0.388 e. The zero-order valence-corrected chi connectivity index (χ0v) is 10.8. The Morgan fingerprint density at radius 1 is 1.11 bits per heavy atom. The highest BCUT2D eigenvalue weighted by Crippen LogP contribution is 2.18. The number of aryl methyl sites for hydroxylation is 1. The third-order valence-electron chi connectivity index (χ3n) is 2.90. The van der Waals surface area contributed by atoms with E-state index in [9.17, 15) is 9.90 Å². The Hall–Kier alpha value is -2.13. The molecule has 0 radical (unpaired) electrons. The van der Waals surface area contributed by atoms with Gasteiger partial charge in [0.15, 0.2) is 0 Å². The third kappa shape index (κ3) is 3.93. The Kier molecular flexibility index (Phi) is 4.31. The van der Waals surface area contributed by atoms with Crippen LogP contribution in [-0.4, -0.2) is 11.0 Å². The first-order valence-electron chi connectivity index (χ1n) is 6.24. The van der Waals surface area contributed by atoms with Gasteiger partial charge in [-0.15, -0.1) is 0 Å². The van der Waals surface area contributed by atoms with E-state index in [0.717, 1.165) is 16.8 Å². The monoisotopic (exact) mass is 255 g/mol. The second kappa shape index (κ2) is 6.16. The molecule has 0 saturated carbocycles. The highest BCUT2D eigenvalue weighted by molar-refractivity contribution is 5.91. The topological polar surface area (TPSA) is 49.3 Å². The standard InChI is InChI=1S/C16H17NO2/c1-12-7-9-13(10-8-12)15(18)11-16(19)17-14-5-3-2-4-6-14/h2-10,15,18H,11H2,1H3,(H,17,19). The van der Waals surface area contributed by atoms with Crippen LogP contribution in [0.15, 0.2) is 54.6 Å². The lowest BCUT2D eigenvalue weighted by molar-refractivity contribution is -0.118. The predicted molar refractivity (Wildman–Crippen MR) is 75.8 cm³/mol. The summed E-state index contributed by atoms with van der Waals surface area (Å²) in [5.74, 6) is -0.195. The number of hydrogen-bond donors (Lipinski definition) is 2. The number of nitrogens with one attached hydrogen (secondary N) is 1. The van der Waals surface area contributed by atoms with Gasteiger partial charge < -0.3 is 10.4 Å². The Labute approximate surface area is 112 Å². The van der Waals surface area contributed by atoms with Crippen molar-refractivity contribution in [3.05, 3.63) is 65.7 Å². The van der Waals surface area contributed by atoms with Crippen LogP contribution in [-0.2, 0) is 4.79 Å². The van der Waals surface area contributed by atoms with Crippen LogP contribution in [0.5, 0.6) is 0 Å². The smallest absolute Gasteiger partial charge is 0.227 e. The summed E-state index contributed by atoms with van der Waals surface area (Å²) in [4.78, 5) is 11.8. The first-order chi connectivity index (χ1) is 9.15. The van der Waals surface area contributed by atoms with E-state index in [4.69, 9.17) is 0 Å². The Bertz CT molecular complexity index is 534. The molecule has 1 unspecified atom stereocenters. The fourth-order valence-electron chi connectivity index (χ4n) is 1.82. The lowest BCUT2D eigenvalue weighted by atomic mass is 10.0. The van der Waals surface area contributed by atoms with Crippen LogP contribution in [0.25, 0.3) is 0 Å². The fourth-order valence-corrected chi connectivity index (χ4v) is 1.82. The van der Waals surface area contributed by atoms with Crippen molar-refractivity contribution >= 4 is 11.6 Å². The van der Waals surface area contributed by atoms with Crippen LogP contribution in [0.4, 0.5) is 5.69 Å². The van der Waals surface area contributed by atoms with Crippen molar-refractivity contribution in [3.8, 4) is 0 Å². The maximum Gasteiger partial charge on any atom is 0.227 e. The molecule has 2 N–H and O–H groups in total. The van der Waals surface area contributed by atoms with Gasteiger partial charge >= 0.3 is 0 Å². The summed E-state index contributed by atoms with van der Waals surface area (Å²) >= 11 is 0. The Balaban J connectivity index is 1.93. The number of rotatable bonds is 4. The number of aliphatic hydroxyl groups is 1. The molecule has 0 bridgehead atoms. The molecule has 0 fully saturated rings. The Morgan fingerprint density at radius 3 is 2.37 bits per heavy atom. The first kappa shape index (κ1) is 13.3. The van der Waals surface area contributed by atoms with Crippen molar-refractivity contribution in [2.24, 2.45) is 0 Å². The molecular formula is C16H17NO2. The number of carbonyl (C=O) groups is 1. The highest BCUT2D eigenvalue weighted by Gasteiger charge is 2.12. The minimum absolute atomic E-state index is 0.0535. The molecule has 2 aromatic carbocycles. The Morgan fingerprint density at radius 2 is 1.74 bits per heavy atom. The molecule has 19 heavy (non-hydrogen) atoms. The van der Waals surface area contributed by atoms with Crippen LogP contribution in [0, 0.1) is 6.92 Å². The van der Waals surface area contributed by atoms with E-state index in [2.05, 4.69) is 5.32 Å². The van der Waals surface area contributed by atoms with Gasteiger partial charge in [0, 0.05) is 5.69 Å². The minimum atomic E-state index is -0.774. The van der Waals surface area contributed by atoms with Crippen molar-refractivity contribution < 1.29 is 9.90 Å².